The molecule has 2 nitrogen and oxygen atoms in total. The second-order valence-corrected chi connectivity index (χ2v) is 6.89. The molecule has 0 spiro atoms. The molecule has 0 unspecified atom stereocenters. The number of rotatable bonds is 5. The maximum absolute atomic E-state index is 3.22. The monoisotopic (exact) mass is 286 g/mol. The molecule has 1 saturated heterocycles. The Bertz CT molecular complexity index is 424. The maximum atomic E-state index is 3.22. The molecule has 1 aliphatic carbocycles. The third kappa shape index (κ3) is 3.87. The molecule has 1 aromatic rings. The highest BCUT2D eigenvalue weighted by Gasteiger charge is 2.32. The maximum Gasteiger partial charge on any atom is 0.0236 e. The van der Waals surface area contributed by atoms with Crippen molar-refractivity contribution in [2.75, 3.05) is 20.1 Å². The largest absolute Gasteiger partial charge is 0.319 e. The van der Waals surface area contributed by atoms with E-state index in [0.717, 1.165) is 31.5 Å². The summed E-state index contributed by atoms with van der Waals surface area (Å²) in [5, 5.41) is 3.22. The lowest BCUT2D eigenvalue weighted by atomic mass is 9.78. The van der Waals surface area contributed by atoms with E-state index in [-0.39, 0.29) is 0 Å². The Labute approximate surface area is 129 Å². The highest BCUT2D eigenvalue weighted by molar-refractivity contribution is 5.23. The van der Waals surface area contributed by atoms with Crippen molar-refractivity contribution in [3.8, 4) is 0 Å². The number of hydrogen-bond donors (Lipinski definition) is 1. The van der Waals surface area contributed by atoms with Crippen LogP contribution in [0, 0.1) is 5.92 Å². The average Bonchev–Trinajstić information content (AvgIpc) is 2.55. The molecule has 0 bridgehead atoms. The van der Waals surface area contributed by atoms with Gasteiger partial charge < -0.3 is 5.32 Å². The van der Waals surface area contributed by atoms with Crippen LogP contribution in [0.3, 0.4) is 0 Å². The number of nitrogens with one attached hydrogen (secondary N) is 1. The van der Waals surface area contributed by atoms with Crippen molar-refractivity contribution in [1.29, 1.82) is 0 Å². The minimum atomic E-state index is 0.872. The van der Waals surface area contributed by atoms with Gasteiger partial charge in [0, 0.05) is 12.6 Å². The molecule has 1 aromatic carbocycles. The summed E-state index contributed by atoms with van der Waals surface area (Å²) in [5.74, 6) is 0.988. The molecule has 0 radical (unpaired) electrons. The summed E-state index contributed by atoms with van der Waals surface area (Å²) in [5.41, 5.74) is 2.94. The minimum absolute atomic E-state index is 0.872. The lowest BCUT2D eigenvalue weighted by Crippen LogP contribution is -2.46. The van der Waals surface area contributed by atoms with Crippen LogP contribution >= 0.6 is 0 Å². The Hall–Kier alpha value is -0.860. The predicted octanol–water partition coefficient (Wildman–Crippen LogP) is 3.60. The molecular weight excluding hydrogens is 256 g/mol. The molecule has 1 aliphatic heterocycles. The number of hydrogen-bond acceptors (Lipinski definition) is 2. The van der Waals surface area contributed by atoms with Gasteiger partial charge in [0.1, 0.15) is 0 Å². The van der Waals surface area contributed by atoms with Crippen LogP contribution in [0.15, 0.2) is 24.3 Å². The van der Waals surface area contributed by atoms with Gasteiger partial charge in [0.15, 0.2) is 0 Å². The Kier molecular flexibility index (Phi) is 5.32. The SMILES string of the molecule is CNCCc1ccc(CN2CCC[C@H]3CCCC[C@H]32)cc1. The van der Waals surface area contributed by atoms with Crippen LogP contribution in [0.4, 0.5) is 0 Å². The average molecular weight is 286 g/mol. The van der Waals surface area contributed by atoms with Gasteiger partial charge >= 0.3 is 0 Å². The summed E-state index contributed by atoms with van der Waals surface area (Å²) in [6.45, 7) is 3.53. The van der Waals surface area contributed by atoms with Gasteiger partial charge in [-0.25, -0.2) is 0 Å². The van der Waals surface area contributed by atoms with Crippen molar-refractivity contribution in [2.24, 2.45) is 5.92 Å². The second kappa shape index (κ2) is 7.42. The van der Waals surface area contributed by atoms with Crippen LogP contribution in [0.25, 0.3) is 0 Å². The van der Waals surface area contributed by atoms with Crippen molar-refractivity contribution in [3.05, 3.63) is 35.4 Å². The Balaban J connectivity index is 1.59. The smallest absolute Gasteiger partial charge is 0.0236 e. The molecule has 1 heterocycles. The lowest BCUT2D eigenvalue weighted by molar-refractivity contribution is 0.0547. The van der Waals surface area contributed by atoms with E-state index in [1.165, 1.54) is 56.2 Å². The number of nitrogens with zero attached hydrogens (tertiary/aromatic N) is 1. The highest BCUT2D eigenvalue weighted by Crippen LogP contribution is 2.35. The van der Waals surface area contributed by atoms with Crippen molar-refractivity contribution in [3.63, 3.8) is 0 Å². The predicted molar refractivity (Wildman–Crippen MR) is 89.5 cm³/mol. The summed E-state index contributed by atoms with van der Waals surface area (Å²) in [6.07, 6.45) is 9.83. The van der Waals surface area contributed by atoms with Gasteiger partial charge in [0.2, 0.25) is 0 Å². The van der Waals surface area contributed by atoms with Crippen molar-refractivity contribution >= 4 is 0 Å². The number of likely N-dealkylation sites (N-methyl/N-ethyl adjacent to an activating group) is 1. The van der Waals surface area contributed by atoms with Gasteiger partial charge in [-0.1, -0.05) is 37.1 Å². The van der Waals surface area contributed by atoms with E-state index >= 15 is 0 Å². The van der Waals surface area contributed by atoms with E-state index < -0.39 is 0 Å². The Morgan fingerprint density at radius 1 is 1.00 bits per heavy atom. The number of fused-ring (bicyclic) bond motifs is 1. The minimum Gasteiger partial charge on any atom is -0.319 e. The number of piperidine rings is 1. The van der Waals surface area contributed by atoms with E-state index in [1.54, 1.807) is 0 Å². The molecule has 1 N–H and O–H groups in total. The first-order valence-electron chi connectivity index (χ1n) is 8.83. The summed E-state index contributed by atoms with van der Waals surface area (Å²) in [4.78, 5) is 2.77. The number of benzene rings is 1. The molecule has 0 amide bonds. The van der Waals surface area contributed by atoms with Crippen LogP contribution in [0.5, 0.6) is 0 Å². The molecular formula is C19H30N2. The fourth-order valence-corrected chi connectivity index (χ4v) is 4.24. The topological polar surface area (TPSA) is 15.3 Å². The highest BCUT2D eigenvalue weighted by atomic mass is 15.2. The van der Waals surface area contributed by atoms with Crippen molar-refractivity contribution in [2.45, 2.75) is 57.5 Å². The van der Waals surface area contributed by atoms with Gasteiger partial charge in [0.05, 0.1) is 0 Å². The number of likely N-dealkylation sites (tertiary alicyclic amines) is 1. The molecule has 2 heteroatoms. The quantitative estimate of drug-likeness (QED) is 0.889. The van der Waals surface area contributed by atoms with Gasteiger partial charge in [0.25, 0.3) is 0 Å². The molecule has 116 valence electrons. The van der Waals surface area contributed by atoms with E-state index in [4.69, 9.17) is 0 Å². The molecule has 3 rings (SSSR count). The van der Waals surface area contributed by atoms with Crippen LogP contribution < -0.4 is 5.32 Å². The van der Waals surface area contributed by atoms with E-state index in [9.17, 15) is 0 Å². The molecule has 21 heavy (non-hydrogen) atoms. The zero-order valence-corrected chi connectivity index (χ0v) is 13.5. The summed E-state index contributed by atoms with van der Waals surface area (Å²) in [6, 6.07) is 10.2. The molecule has 2 aliphatic rings. The Morgan fingerprint density at radius 2 is 1.71 bits per heavy atom. The molecule has 0 aromatic heterocycles. The molecule has 2 atom stereocenters. The molecule has 1 saturated carbocycles. The van der Waals surface area contributed by atoms with Gasteiger partial charge in [-0.15, -0.1) is 0 Å². The van der Waals surface area contributed by atoms with Gasteiger partial charge in [-0.3, -0.25) is 4.90 Å². The van der Waals surface area contributed by atoms with Crippen LogP contribution in [0.2, 0.25) is 0 Å². The fraction of sp³-hybridized carbons (Fsp3) is 0.684. The van der Waals surface area contributed by atoms with Crippen molar-refractivity contribution < 1.29 is 0 Å². The van der Waals surface area contributed by atoms with Gasteiger partial charge in [-0.2, -0.15) is 0 Å². The van der Waals surface area contributed by atoms with E-state index in [0.29, 0.717) is 0 Å². The third-order valence-corrected chi connectivity index (χ3v) is 5.43. The van der Waals surface area contributed by atoms with E-state index in [1.807, 2.05) is 7.05 Å². The summed E-state index contributed by atoms with van der Waals surface area (Å²) in [7, 11) is 2.02. The normalized spacial score (nSPS) is 26.5. The standard InChI is InChI=1S/C19H30N2/c1-20-13-12-16-8-10-17(11-9-16)15-21-14-4-6-18-5-2-3-7-19(18)21/h8-11,18-20H,2-7,12-15H2,1H3/t18-,19-/m1/s1. The Morgan fingerprint density at radius 3 is 2.52 bits per heavy atom. The first-order valence-corrected chi connectivity index (χ1v) is 8.83. The lowest BCUT2D eigenvalue weighted by Gasteiger charge is -2.44. The van der Waals surface area contributed by atoms with Crippen LogP contribution in [0.1, 0.15) is 49.7 Å². The first-order chi connectivity index (χ1) is 10.4. The van der Waals surface area contributed by atoms with Crippen molar-refractivity contribution in [1.82, 2.24) is 10.2 Å². The first kappa shape index (κ1) is 15.1. The third-order valence-electron chi connectivity index (χ3n) is 5.43. The second-order valence-electron chi connectivity index (χ2n) is 6.89. The molecule has 2 fully saturated rings. The van der Waals surface area contributed by atoms with Crippen LogP contribution in [-0.4, -0.2) is 31.1 Å². The fourth-order valence-electron chi connectivity index (χ4n) is 4.24. The van der Waals surface area contributed by atoms with Crippen LogP contribution in [-0.2, 0) is 13.0 Å². The zero-order valence-electron chi connectivity index (χ0n) is 13.5. The summed E-state index contributed by atoms with van der Waals surface area (Å²) >= 11 is 0. The van der Waals surface area contributed by atoms with Gasteiger partial charge in [-0.05, 0) is 69.3 Å². The van der Waals surface area contributed by atoms with E-state index in [2.05, 4.69) is 34.5 Å². The zero-order chi connectivity index (χ0) is 14.5. The summed E-state index contributed by atoms with van der Waals surface area (Å²) < 4.78 is 0.